The second-order valence-corrected chi connectivity index (χ2v) is 10.0. The van der Waals surface area contributed by atoms with E-state index in [1.54, 1.807) is 40.0 Å². The second kappa shape index (κ2) is 10.9. The van der Waals surface area contributed by atoms with E-state index in [0.717, 1.165) is 5.56 Å². The summed E-state index contributed by atoms with van der Waals surface area (Å²) in [5.74, 6) is 0.0327. The molecule has 1 unspecified atom stereocenters. The van der Waals surface area contributed by atoms with Crippen molar-refractivity contribution in [3.8, 4) is 28.4 Å². The van der Waals surface area contributed by atoms with Crippen molar-refractivity contribution in [2.45, 2.75) is 45.2 Å². The third-order valence-electron chi connectivity index (χ3n) is 6.68. The predicted octanol–water partition coefficient (Wildman–Crippen LogP) is 5.86. The SMILES string of the molecule is COc1cc(OCC(O)C(F)(F)F)ccc1-c1ccc2c(c1COc1cc(F)ccc1C)N(C)C(=O)C(C)(C)N2. The van der Waals surface area contributed by atoms with Crippen LogP contribution in [0.4, 0.5) is 28.9 Å². The Balaban J connectivity index is 1.78. The second-order valence-electron chi connectivity index (χ2n) is 10.0. The van der Waals surface area contributed by atoms with E-state index in [9.17, 15) is 27.5 Å². The molecule has 1 amide bonds. The van der Waals surface area contributed by atoms with E-state index >= 15 is 0 Å². The molecule has 0 radical (unpaired) electrons. The minimum atomic E-state index is -4.81. The Bertz CT molecular complexity index is 1420. The number of aliphatic hydroxyl groups is 1. The fourth-order valence-corrected chi connectivity index (χ4v) is 4.56. The molecule has 214 valence electrons. The molecule has 7 nitrogen and oxygen atoms in total. The maximum atomic E-state index is 14.0. The van der Waals surface area contributed by atoms with E-state index in [2.05, 4.69) is 5.32 Å². The number of carbonyl (C=O) groups excluding carboxylic acids is 1. The third-order valence-corrected chi connectivity index (χ3v) is 6.68. The minimum Gasteiger partial charge on any atom is -0.496 e. The summed E-state index contributed by atoms with van der Waals surface area (Å²) in [6.45, 7) is 4.30. The molecule has 3 aromatic rings. The summed E-state index contributed by atoms with van der Waals surface area (Å²) in [5, 5.41) is 12.5. The van der Waals surface area contributed by atoms with Crippen LogP contribution in [-0.2, 0) is 11.4 Å². The van der Waals surface area contributed by atoms with Crippen molar-refractivity contribution in [1.29, 1.82) is 0 Å². The van der Waals surface area contributed by atoms with Gasteiger partial charge in [0.05, 0.1) is 18.5 Å². The molecule has 0 saturated carbocycles. The van der Waals surface area contributed by atoms with Crippen molar-refractivity contribution in [2.75, 3.05) is 31.0 Å². The number of nitrogens with one attached hydrogen (secondary N) is 1. The molecule has 0 spiro atoms. The molecule has 2 N–H and O–H groups in total. The van der Waals surface area contributed by atoms with E-state index in [1.807, 2.05) is 12.1 Å². The van der Waals surface area contributed by atoms with Crippen molar-refractivity contribution in [3.63, 3.8) is 0 Å². The van der Waals surface area contributed by atoms with Crippen LogP contribution in [0.5, 0.6) is 17.2 Å². The highest BCUT2D eigenvalue weighted by Crippen LogP contribution is 2.45. The Labute approximate surface area is 229 Å². The Hall–Kier alpha value is -3.99. The lowest BCUT2D eigenvalue weighted by Gasteiger charge is -2.39. The Morgan fingerprint density at radius 2 is 1.73 bits per heavy atom. The number of halogens is 4. The van der Waals surface area contributed by atoms with Crippen LogP contribution in [0.1, 0.15) is 25.0 Å². The van der Waals surface area contributed by atoms with Gasteiger partial charge in [-0.05, 0) is 56.2 Å². The highest BCUT2D eigenvalue weighted by Gasteiger charge is 2.40. The molecule has 0 aromatic heterocycles. The molecule has 0 saturated heterocycles. The molecule has 3 aromatic carbocycles. The van der Waals surface area contributed by atoms with Gasteiger partial charge in [-0.15, -0.1) is 0 Å². The van der Waals surface area contributed by atoms with Crippen LogP contribution in [0.3, 0.4) is 0 Å². The molecule has 40 heavy (non-hydrogen) atoms. The number of likely N-dealkylation sites (N-methyl/N-ethyl adjacent to an activating group) is 1. The maximum absolute atomic E-state index is 14.0. The molecule has 4 rings (SSSR count). The van der Waals surface area contributed by atoms with Crippen molar-refractivity contribution in [3.05, 3.63) is 65.5 Å². The number of aryl methyl sites for hydroxylation is 1. The van der Waals surface area contributed by atoms with Gasteiger partial charge < -0.3 is 29.5 Å². The summed E-state index contributed by atoms with van der Waals surface area (Å²) in [6.07, 6.45) is -7.45. The molecule has 1 aliphatic rings. The van der Waals surface area contributed by atoms with E-state index < -0.39 is 30.2 Å². The molecular weight excluding hydrogens is 532 g/mol. The number of amides is 1. The molecule has 1 heterocycles. The van der Waals surface area contributed by atoms with Gasteiger partial charge in [-0.1, -0.05) is 12.1 Å². The molecular formula is C29H30F4N2O5. The molecule has 0 fully saturated rings. The van der Waals surface area contributed by atoms with Crippen molar-refractivity contribution in [2.24, 2.45) is 0 Å². The number of rotatable bonds is 8. The standard InChI is InChI=1S/C29H30F4N2O5/c1-16-6-7-17(30)12-23(16)40-14-21-19(10-11-22-26(21)35(4)27(37)28(2,3)34-22)20-9-8-18(13-24(20)38-5)39-15-25(36)29(31,32)33/h6-13,25,34,36H,14-15H2,1-5H3. The van der Waals surface area contributed by atoms with E-state index in [1.165, 1.54) is 36.3 Å². The van der Waals surface area contributed by atoms with Gasteiger partial charge in [-0.2, -0.15) is 13.2 Å². The quantitative estimate of drug-likeness (QED) is 0.335. The molecule has 11 heteroatoms. The van der Waals surface area contributed by atoms with Crippen molar-refractivity contribution < 1.29 is 41.7 Å². The minimum absolute atomic E-state index is 0.0400. The first-order valence-corrected chi connectivity index (χ1v) is 12.4. The fourth-order valence-electron chi connectivity index (χ4n) is 4.56. The summed E-state index contributed by atoms with van der Waals surface area (Å²) in [4.78, 5) is 14.7. The Morgan fingerprint density at radius 1 is 1.02 bits per heavy atom. The van der Waals surface area contributed by atoms with Gasteiger partial charge in [0.25, 0.3) is 5.91 Å². The number of hydrogen-bond acceptors (Lipinski definition) is 6. The Morgan fingerprint density at radius 3 is 2.40 bits per heavy atom. The lowest BCUT2D eigenvalue weighted by atomic mass is 9.91. The predicted molar refractivity (Wildman–Crippen MR) is 143 cm³/mol. The smallest absolute Gasteiger partial charge is 0.417 e. The summed E-state index contributed by atoms with van der Waals surface area (Å²) in [6, 6.07) is 12.3. The van der Waals surface area contributed by atoms with Gasteiger partial charge in [0.15, 0.2) is 6.10 Å². The number of aliphatic hydroxyl groups excluding tert-OH is 1. The van der Waals surface area contributed by atoms with Crippen LogP contribution >= 0.6 is 0 Å². The number of nitrogens with zero attached hydrogens (tertiary/aromatic N) is 1. The zero-order valence-corrected chi connectivity index (χ0v) is 22.6. The van der Waals surface area contributed by atoms with Gasteiger partial charge in [-0.25, -0.2) is 4.39 Å². The first-order valence-electron chi connectivity index (χ1n) is 12.4. The first-order chi connectivity index (χ1) is 18.7. The normalized spacial score (nSPS) is 15.2. The first kappa shape index (κ1) is 29.0. The summed E-state index contributed by atoms with van der Waals surface area (Å²) < 4.78 is 68.8. The lowest BCUT2D eigenvalue weighted by molar-refractivity contribution is -0.210. The highest BCUT2D eigenvalue weighted by molar-refractivity contribution is 6.08. The van der Waals surface area contributed by atoms with Crippen LogP contribution in [0.2, 0.25) is 0 Å². The van der Waals surface area contributed by atoms with Gasteiger partial charge in [0.1, 0.15) is 41.8 Å². The molecule has 0 bridgehead atoms. The number of ether oxygens (including phenoxy) is 3. The van der Waals surface area contributed by atoms with Crippen LogP contribution in [0.25, 0.3) is 11.1 Å². The zero-order chi connectivity index (χ0) is 29.4. The fraction of sp³-hybridized carbons (Fsp3) is 0.345. The van der Waals surface area contributed by atoms with E-state index in [4.69, 9.17) is 14.2 Å². The average Bonchev–Trinajstić information content (AvgIpc) is 2.89. The monoisotopic (exact) mass is 562 g/mol. The number of methoxy groups -OCH3 is 1. The number of alkyl halides is 3. The van der Waals surface area contributed by atoms with Crippen molar-refractivity contribution >= 4 is 17.3 Å². The van der Waals surface area contributed by atoms with Crippen LogP contribution in [0, 0.1) is 12.7 Å². The summed E-state index contributed by atoms with van der Waals surface area (Å²) >= 11 is 0. The number of anilines is 2. The van der Waals surface area contributed by atoms with Crippen LogP contribution in [0.15, 0.2) is 48.5 Å². The van der Waals surface area contributed by atoms with Crippen molar-refractivity contribution in [1.82, 2.24) is 0 Å². The number of benzene rings is 3. The summed E-state index contributed by atoms with van der Waals surface area (Å²) in [5.41, 5.74) is 2.87. The van der Waals surface area contributed by atoms with Crippen LogP contribution in [-0.4, -0.2) is 49.6 Å². The Kier molecular flexibility index (Phi) is 7.89. The van der Waals surface area contributed by atoms with E-state index in [0.29, 0.717) is 33.8 Å². The topological polar surface area (TPSA) is 80.3 Å². The zero-order valence-electron chi connectivity index (χ0n) is 22.6. The van der Waals surface area contributed by atoms with Gasteiger partial charge in [0.2, 0.25) is 0 Å². The number of hydrogen-bond donors (Lipinski definition) is 2. The molecule has 0 aliphatic carbocycles. The van der Waals surface area contributed by atoms with Gasteiger partial charge >= 0.3 is 6.18 Å². The number of fused-ring (bicyclic) bond motifs is 1. The average molecular weight is 563 g/mol. The van der Waals surface area contributed by atoms with E-state index in [-0.39, 0.29) is 24.0 Å². The van der Waals surface area contributed by atoms with Crippen LogP contribution < -0.4 is 24.4 Å². The number of carbonyl (C=O) groups is 1. The largest absolute Gasteiger partial charge is 0.496 e. The summed E-state index contributed by atoms with van der Waals surface area (Å²) in [7, 11) is 3.06. The molecule has 1 aliphatic heterocycles. The maximum Gasteiger partial charge on any atom is 0.417 e. The van der Waals surface area contributed by atoms with Gasteiger partial charge in [-0.3, -0.25) is 4.79 Å². The molecule has 1 atom stereocenters. The van der Waals surface area contributed by atoms with Gasteiger partial charge in [0, 0.05) is 30.3 Å². The highest BCUT2D eigenvalue weighted by atomic mass is 19.4. The lowest BCUT2D eigenvalue weighted by Crippen LogP contribution is -2.52. The third kappa shape index (κ3) is 5.79.